The number of nitrogens with zero attached hydrogens (tertiary/aromatic N) is 2. The van der Waals surface area contributed by atoms with Gasteiger partial charge in [0.1, 0.15) is 5.82 Å². The minimum absolute atomic E-state index is 0.307. The SMILES string of the molecule is Cc1cc(C(N)c2noc(C(F)(F)F)n2)ccc1F. The van der Waals surface area contributed by atoms with Crippen molar-refractivity contribution in [1.29, 1.82) is 0 Å². The number of rotatable bonds is 2. The maximum atomic E-state index is 13.1. The maximum Gasteiger partial charge on any atom is 0.471 e. The normalized spacial score (nSPS) is 13.6. The molecule has 8 heteroatoms. The first-order valence-electron chi connectivity index (χ1n) is 5.21. The summed E-state index contributed by atoms with van der Waals surface area (Å²) in [7, 11) is 0. The minimum Gasteiger partial charge on any atom is -0.329 e. The van der Waals surface area contributed by atoms with E-state index < -0.39 is 23.9 Å². The van der Waals surface area contributed by atoms with Crippen molar-refractivity contribution in [3.05, 3.63) is 46.9 Å². The molecule has 2 N–H and O–H groups in total. The second-order valence-corrected chi connectivity index (χ2v) is 3.94. The highest BCUT2D eigenvalue weighted by molar-refractivity contribution is 5.29. The fraction of sp³-hybridized carbons (Fsp3) is 0.273. The van der Waals surface area contributed by atoms with Crippen LogP contribution < -0.4 is 5.73 Å². The summed E-state index contributed by atoms with van der Waals surface area (Å²) in [6.45, 7) is 1.52. The van der Waals surface area contributed by atoms with Crippen LogP contribution in [0.3, 0.4) is 0 Å². The maximum absolute atomic E-state index is 13.1. The van der Waals surface area contributed by atoms with E-state index in [1.54, 1.807) is 0 Å². The predicted molar refractivity (Wildman–Crippen MR) is 56.5 cm³/mol. The Morgan fingerprint density at radius 1 is 1.32 bits per heavy atom. The average Bonchev–Trinajstić information content (AvgIpc) is 2.81. The van der Waals surface area contributed by atoms with Crippen molar-refractivity contribution < 1.29 is 22.1 Å². The largest absolute Gasteiger partial charge is 0.471 e. The van der Waals surface area contributed by atoms with Gasteiger partial charge in [-0.05, 0) is 24.1 Å². The lowest BCUT2D eigenvalue weighted by Gasteiger charge is -2.08. The lowest BCUT2D eigenvalue weighted by Crippen LogP contribution is -2.14. The first kappa shape index (κ1) is 13.5. The van der Waals surface area contributed by atoms with Crippen LogP contribution >= 0.6 is 0 Å². The van der Waals surface area contributed by atoms with Crippen molar-refractivity contribution in [2.45, 2.75) is 19.1 Å². The van der Waals surface area contributed by atoms with Crippen molar-refractivity contribution in [2.75, 3.05) is 0 Å². The number of aromatic nitrogens is 2. The van der Waals surface area contributed by atoms with Gasteiger partial charge < -0.3 is 10.3 Å². The zero-order valence-corrected chi connectivity index (χ0v) is 9.70. The van der Waals surface area contributed by atoms with Crippen LogP contribution in [0, 0.1) is 12.7 Å². The summed E-state index contributed by atoms with van der Waals surface area (Å²) in [5.74, 6) is -2.20. The van der Waals surface area contributed by atoms with E-state index in [0.29, 0.717) is 11.1 Å². The van der Waals surface area contributed by atoms with E-state index in [4.69, 9.17) is 5.73 Å². The van der Waals surface area contributed by atoms with Crippen molar-refractivity contribution in [3.8, 4) is 0 Å². The Labute approximate surface area is 105 Å². The molecular formula is C11H9F4N3O. The summed E-state index contributed by atoms with van der Waals surface area (Å²) in [5.41, 5.74) is 6.44. The molecule has 19 heavy (non-hydrogen) atoms. The predicted octanol–water partition coefficient (Wildman–Crippen LogP) is 2.58. The fourth-order valence-electron chi connectivity index (χ4n) is 1.49. The molecule has 0 amide bonds. The Morgan fingerprint density at radius 3 is 2.53 bits per heavy atom. The monoisotopic (exact) mass is 275 g/mol. The molecule has 2 rings (SSSR count). The quantitative estimate of drug-likeness (QED) is 0.855. The summed E-state index contributed by atoms with van der Waals surface area (Å²) in [6, 6.07) is 2.94. The average molecular weight is 275 g/mol. The number of halogens is 4. The van der Waals surface area contributed by atoms with E-state index in [1.807, 2.05) is 0 Å². The first-order valence-corrected chi connectivity index (χ1v) is 5.21. The molecule has 0 radical (unpaired) electrons. The molecule has 0 saturated heterocycles. The lowest BCUT2D eigenvalue weighted by molar-refractivity contribution is -0.159. The Balaban J connectivity index is 2.31. The van der Waals surface area contributed by atoms with Gasteiger partial charge in [0.2, 0.25) is 0 Å². The third-order valence-corrected chi connectivity index (χ3v) is 2.50. The number of hydrogen-bond donors (Lipinski definition) is 1. The van der Waals surface area contributed by atoms with E-state index in [0.717, 1.165) is 0 Å². The van der Waals surface area contributed by atoms with E-state index >= 15 is 0 Å². The van der Waals surface area contributed by atoms with Gasteiger partial charge >= 0.3 is 12.1 Å². The molecule has 1 heterocycles. The van der Waals surface area contributed by atoms with Gasteiger partial charge in [0.05, 0.1) is 6.04 Å². The molecule has 0 aliphatic carbocycles. The number of nitrogens with two attached hydrogens (primary N) is 1. The van der Waals surface area contributed by atoms with Gasteiger partial charge in [0.25, 0.3) is 0 Å². The van der Waals surface area contributed by atoms with Gasteiger partial charge in [-0.1, -0.05) is 17.3 Å². The smallest absolute Gasteiger partial charge is 0.329 e. The molecule has 0 fully saturated rings. The number of benzene rings is 1. The summed E-state index contributed by atoms with van der Waals surface area (Å²) in [6.07, 6.45) is -4.72. The van der Waals surface area contributed by atoms with Crippen molar-refractivity contribution >= 4 is 0 Å². The number of alkyl halides is 3. The summed E-state index contributed by atoms with van der Waals surface area (Å²) in [4.78, 5) is 3.19. The highest BCUT2D eigenvalue weighted by Crippen LogP contribution is 2.29. The number of hydrogen-bond acceptors (Lipinski definition) is 4. The summed E-state index contributed by atoms with van der Waals surface area (Å²) in [5, 5.41) is 3.19. The van der Waals surface area contributed by atoms with Crippen LogP contribution in [0.15, 0.2) is 22.7 Å². The third kappa shape index (κ3) is 2.73. The van der Waals surface area contributed by atoms with Gasteiger partial charge in [-0.15, -0.1) is 0 Å². The van der Waals surface area contributed by atoms with Crippen molar-refractivity contribution in [3.63, 3.8) is 0 Å². The molecule has 4 nitrogen and oxygen atoms in total. The summed E-state index contributed by atoms with van der Waals surface area (Å²) >= 11 is 0. The third-order valence-electron chi connectivity index (χ3n) is 2.50. The molecule has 1 atom stereocenters. The minimum atomic E-state index is -4.72. The Bertz CT molecular complexity index is 594. The molecule has 102 valence electrons. The van der Waals surface area contributed by atoms with Crippen molar-refractivity contribution in [1.82, 2.24) is 10.1 Å². The van der Waals surface area contributed by atoms with Crippen LogP contribution in [-0.2, 0) is 6.18 Å². The van der Waals surface area contributed by atoms with Crippen molar-refractivity contribution in [2.24, 2.45) is 5.73 Å². The van der Waals surface area contributed by atoms with Crippen LogP contribution in [-0.4, -0.2) is 10.1 Å². The molecule has 0 saturated carbocycles. The molecular weight excluding hydrogens is 266 g/mol. The zero-order chi connectivity index (χ0) is 14.2. The van der Waals surface area contributed by atoms with Crippen LogP contribution in [0.25, 0.3) is 0 Å². The van der Waals surface area contributed by atoms with E-state index in [2.05, 4.69) is 14.7 Å². The Hall–Kier alpha value is -1.96. The topological polar surface area (TPSA) is 64.9 Å². The van der Waals surface area contributed by atoms with Gasteiger partial charge in [-0.25, -0.2) is 4.39 Å². The standard InChI is InChI=1S/C11H9F4N3O/c1-5-4-6(2-3-7(5)12)8(16)9-17-10(19-18-9)11(13,14)15/h2-4,8H,16H2,1H3. The number of aryl methyl sites for hydroxylation is 1. The molecule has 2 aromatic rings. The van der Waals surface area contributed by atoms with Crippen LogP contribution in [0.4, 0.5) is 17.6 Å². The van der Waals surface area contributed by atoms with Crippen LogP contribution in [0.2, 0.25) is 0 Å². The lowest BCUT2D eigenvalue weighted by atomic mass is 10.0. The second-order valence-electron chi connectivity index (χ2n) is 3.94. The highest BCUT2D eigenvalue weighted by Gasteiger charge is 2.39. The van der Waals surface area contributed by atoms with Crippen LogP contribution in [0.5, 0.6) is 0 Å². The molecule has 1 aromatic heterocycles. The molecule has 1 unspecified atom stereocenters. The van der Waals surface area contributed by atoms with E-state index in [9.17, 15) is 17.6 Å². The van der Waals surface area contributed by atoms with E-state index in [-0.39, 0.29) is 5.82 Å². The molecule has 1 aromatic carbocycles. The fourth-order valence-corrected chi connectivity index (χ4v) is 1.49. The van der Waals surface area contributed by atoms with E-state index in [1.165, 1.54) is 25.1 Å². The molecule has 0 bridgehead atoms. The zero-order valence-electron chi connectivity index (χ0n) is 9.70. The Morgan fingerprint density at radius 2 is 2.00 bits per heavy atom. The highest BCUT2D eigenvalue weighted by atomic mass is 19.4. The Kier molecular flexibility index (Phi) is 3.27. The molecule has 0 aliphatic heterocycles. The summed E-state index contributed by atoms with van der Waals surface area (Å²) < 4.78 is 54.1. The second kappa shape index (κ2) is 4.61. The van der Waals surface area contributed by atoms with Gasteiger partial charge in [0.15, 0.2) is 5.82 Å². The van der Waals surface area contributed by atoms with Gasteiger partial charge in [-0.3, -0.25) is 0 Å². The molecule has 0 aliphatic rings. The van der Waals surface area contributed by atoms with Gasteiger partial charge in [0, 0.05) is 0 Å². The van der Waals surface area contributed by atoms with Gasteiger partial charge in [-0.2, -0.15) is 18.2 Å². The molecule has 0 spiro atoms. The first-order chi connectivity index (χ1) is 8.79. The van der Waals surface area contributed by atoms with Crippen LogP contribution in [0.1, 0.15) is 28.9 Å².